The molecule has 1 aliphatic rings. The first-order valence-electron chi connectivity index (χ1n) is 10.6. The highest BCUT2D eigenvalue weighted by Crippen LogP contribution is 2.36. The zero-order chi connectivity index (χ0) is 22.0. The van der Waals surface area contributed by atoms with Crippen molar-refractivity contribution >= 4 is 28.6 Å². The van der Waals surface area contributed by atoms with E-state index in [0.29, 0.717) is 16.1 Å². The lowest BCUT2D eigenvalue weighted by atomic mass is 9.96. The van der Waals surface area contributed by atoms with Crippen LogP contribution in [0.4, 0.5) is 0 Å². The first kappa shape index (κ1) is 21.4. The second kappa shape index (κ2) is 9.14. The summed E-state index contributed by atoms with van der Waals surface area (Å²) in [7, 11) is 1.63. The molecule has 6 nitrogen and oxygen atoms in total. The van der Waals surface area contributed by atoms with E-state index in [1.54, 1.807) is 11.7 Å². The Bertz CT molecular complexity index is 1140. The minimum absolute atomic E-state index is 0.0192. The van der Waals surface area contributed by atoms with E-state index in [9.17, 15) is 9.59 Å². The van der Waals surface area contributed by atoms with Crippen LogP contribution < -0.4 is 15.6 Å². The maximum Gasteiger partial charge on any atom is 0.262 e. The van der Waals surface area contributed by atoms with E-state index in [2.05, 4.69) is 19.2 Å². The van der Waals surface area contributed by atoms with E-state index in [-0.39, 0.29) is 35.2 Å². The van der Waals surface area contributed by atoms with E-state index < -0.39 is 0 Å². The quantitative estimate of drug-likeness (QED) is 0.419. The van der Waals surface area contributed by atoms with E-state index >= 15 is 0 Å². The Balaban J connectivity index is 1.50. The third-order valence-corrected chi connectivity index (χ3v) is 6.43. The number of nitrogens with one attached hydrogen (secondary N) is 1. The van der Waals surface area contributed by atoms with Gasteiger partial charge in [-0.1, -0.05) is 49.9 Å². The third kappa shape index (κ3) is 4.77. The summed E-state index contributed by atoms with van der Waals surface area (Å²) in [5.74, 6) is 1.14. The molecule has 1 aliphatic carbocycles. The molecule has 31 heavy (non-hydrogen) atoms. The van der Waals surface area contributed by atoms with E-state index in [4.69, 9.17) is 9.72 Å². The summed E-state index contributed by atoms with van der Waals surface area (Å²) in [5, 5.41) is 4.39. The molecule has 3 aromatic rings. The van der Waals surface area contributed by atoms with Crippen LogP contribution in [0.3, 0.4) is 0 Å². The molecular formula is C24H27N3O3S. The Morgan fingerprint density at radius 2 is 1.90 bits per heavy atom. The number of ether oxygens (including phenoxy) is 1. The van der Waals surface area contributed by atoms with E-state index in [1.807, 2.05) is 48.5 Å². The molecule has 1 aromatic heterocycles. The van der Waals surface area contributed by atoms with Crippen molar-refractivity contribution in [3.63, 3.8) is 0 Å². The lowest BCUT2D eigenvalue weighted by Crippen LogP contribution is -2.33. The second-order valence-electron chi connectivity index (χ2n) is 8.17. The van der Waals surface area contributed by atoms with Crippen molar-refractivity contribution in [3.05, 3.63) is 64.4 Å². The summed E-state index contributed by atoms with van der Waals surface area (Å²) in [4.78, 5) is 30.5. The van der Waals surface area contributed by atoms with Crippen LogP contribution in [0.15, 0.2) is 58.5 Å². The highest BCUT2D eigenvalue weighted by atomic mass is 32.2. The van der Waals surface area contributed by atoms with Crippen molar-refractivity contribution in [1.29, 1.82) is 0 Å². The van der Waals surface area contributed by atoms with Gasteiger partial charge < -0.3 is 10.1 Å². The van der Waals surface area contributed by atoms with Crippen LogP contribution in [-0.4, -0.2) is 28.3 Å². The monoisotopic (exact) mass is 437 g/mol. The fourth-order valence-corrected chi connectivity index (χ4v) is 4.55. The molecule has 0 spiro atoms. The van der Waals surface area contributed by atoms with Crippen molar-refractivity contribution in [2.75, 3.05) is 12.9 Å². The van der Waals surface area contributed by atoms with Gasteiger partial charge in [0.1, 0.15) is 5.75 Å². The molecule has 0 radical (unpaired) electrons. The SMILES string of the molecule is COc1ccc(C(NC(=O)CSc2nc3ccccc3c(=O)n2C2CC2)C(C)C)cc1. The van der Waals surface area contributed by atoms with Crippen LogP contribution in [0.5, 0.6) is 5.75 Å². The zero-order valence-corrected chi connectivity index (χ0v) is 18.8. The van der Waals surface area contributed by atoms with Crippen molar-refractivity contribution in [2.45, 2.75) is 43.9 Å². The average molecular weight is 438 g/mol. The lowest BCUT2D eigenvalue weighted by molar-refractivity contribution is -0.119. The topological polar surface area (TPSA) is 73.2 Å². The normalized spacial score (nSPS) is 14.6. The minimum Gasteiger partial charge on any atom is -0.497 e. The molecule has 1 heterocycles. The number of amides is 1. The van der Waals surface area contributed by atoms with Crippen molar-refractivity contribution < 1.29 is 9.53 Å². The highest BCUT2D eigenvalue weighted by molar-refractivity contribution is 7.99. The van der Waals surface area contributed by atoms with Crippen molar-refractivity contribution in [3.8, 4) is 5.75 Å². The van der Waals surface area contributed by atoms with E-state index in [0.717, 1.165) is 24.2 Å². The van der Waals surface area contributed by atoms with Crippen LogP contribution in [0.1, 0.15) is 44.3 Å². The summed E-state index contributed by atoms with van der Waals surface area (Å²) in [6.45, 7) is 4.16. The second-order valence-corrected chi connectivity index (χ2v) is 9.11. The molecule has 1 amide bonds. The average Bonchev–Trinajstić information content (AvgIpc) is 3.61. The number of carbonyl (C=O) groups excluding carboxylic acids is 1. The number of aromatic nitrogens is 2. The number of nitrogens with zero attached hydrogens (tertiary/aromatic N) is 2. The summed E-state index contributed by atoms with van der Waals surface area (Å²) in [6.07, 6.45) is 1.96. The number of rotatable bonds is 8. The van der Waals surface area contributed by atoms with Gasteiger partial charge in [-0.2, -0.15) is 0 Å². The molecular weight excluding hydrogens is 410 g/mol. The molecule has 1 atom stereocenters. The van der Waals surface area contributed by atoms with Gasteiger partial charge in [-0.05, 0) is 48.6 Å². The fourth-order valence-electron chi connectivity index (χ4n) is 3.67. The molecule has 4 rings (SSSR count). The van der Waals surface area contributed by atoms with Gasteiger partial charge in [0.05, 0.1) is 29.8 Å². The number of fused-ring (bicyclic) bond motifs is 1. The number of hydrogen-bond acceptors (Lipinski definition) is 5. The van der Waals surface area contributed by atoms with Gasteiger partial charge >= 0.3 is 0 Å². The molecule has 0 saturated heterocycles. The van der Waals surface area contributed by atoms with Crippen molar-refractivity contribution in [1.82, 2.24) is 14.9 Å². The molecule has 1 N–H and O–H groups in total. The number of methoxy groups -OCH3 is 1. The van der Waals surface area contributed by atoms with Gasteiger partial charge in [-0.3, -0.25) is 14.2 Å². The van der Waals surface area contributed by atoms with Gasteiger partial charge in [0.2, 0.25) is 5.91 Å². The first-order chi connectivity index (χ1) is 15.0. The molecule has 1 fully saturated rings. The maximum atomic E-state index is 13.0. The number of para-hydroxylation sites is 1. The minimum atomic E-state index is -0.103. The van der Waals surface area contributed by atoms with Crippen LogP contribution in [0, 0.1) is 5.92 Å². The number of hydrogen-bond donors (Lipinski definition) is 1. The van der Waals surface area contributed by atoms with Gasteiger partial charge in [0.25, 0.3) is 5.56 Å². The van der Waals surface area contributed by atoms with Gasteiger partial charge in [-0.25, -0.2) is 4.98 Å². The lowest BCUT2D eigenvalue weighted by Gasteiger charge is -2.23. The number of carbonyl (C=O) groups is 1. The number of benzene rings is 2. The third-order valence-electron chi connectivity index (χ3n) is 5.48. The standard InChI is InChI=1S/C24H27N3O3S/c1-15(2)22(16-8-12-18(30-3)13-9-16)26-21(28)14-31-24-25-20-7-5-4-6-19(20)23(29)27(24)17-10-11-17/h4-9,12-13,15,17,22H,10-11,14H2,1-3H3,(H,26,28). The Hall–Kier alpha value is -2.80. The smallest absolute Gasteiger partial charge is 0.262 e. The Labute approximate surface area is 186 Å². The Morgan fingerprint density at radius 1 is 1.19 bits per heavy atom. The molecule has 7 heteroatoms. The summed E-state index contributed by atoms with van der Waals surface area (Å²) < 4.78 is 7.00. The molecule has 1 saturated carbocycles. The molecule has 0 bridgehead atoms. The van der Waals surface area contributed by atoms with Crippen LogP contribution in [0.25, 0.3) is 10.9 Å². The zero-order valence-electron chi connectivity index (χ0n) is 18.0. The molecule has 162 valence electrons. The predicted molar refractivity (Wildman–Crippen MR) is 124 cm³/mol. The maximum absolute atomic E-state index is 13.0. The summed E-state index contributed by atoms with van der Waals surface area (Å²) in [6, 6.07) is 15.2. The van der Waals surface area contributed by atoms with Crippen LogP contribution >= 0.6 is 11.8 Å². The number of thioether (sulfide) groups is 1. The summed E-state index contributed by atoms with van der Waals surface area (Å²) in [5.41, 5.74) is 1.69. The Morgan fingerprint density at radius 3 is 2.55 bits per heavy atom. The molecule has 1 unspecified atom stereocenters. The van der Waals surface area contributed by atoms with Gasteiger partial charge in [-0.15, -0.1) is 0 Å². The van der Waals surface area contributed by atoms with Gasteiger partial charge in [0, 0.05) is 6.04 Å². The van der Waals surface area contributed by atoms with Gasteiger partial charge in [0.15, 0.2) is 5.16 Å². The van der Waals surface area contributed by atoms with Crippen LogP contribution in [0.2, 0.25) is 0 Å². The van der Waals surface area contributed by atoms with Crippen molar-refractivity contribution in [2.24, 2.45) is 5.92 Å². The van der Waals surface area contributed by atoms with Crippen LogP contribution in [-0.2, 0) is 4.79 Å². The largest absolute Gasteiger partial charge is 0.497 e. The summed E-state index contributed by atoms with van der Waals surface area (Å²) >= 11 is 1.33. The highest BCUT2D eigenvalue weighted by Gasteiger charge is 2.29. The van der Waals surface area contributed by atoms with E-state index in [1.165, 1.54) is 11.8 Å². The fraction of sp³-hybridized carbons (Fsp3) is 0.375. The molecule has 2 aromatic carbocycles. The first-order valence-corrected chi connectivity index (χ1v) is 11.5. The predicted octanol–water partition coefficient (Wildman–Crippen LogP) is 4.35. The Kier molecular flexibility index (Phi) is 6.32. The molecule has 0 aliphatic heterocycles.